The summed E-state index contributed by atoms with van der Waals surface area (Å²) >= 11 is 0. The summed E-state index contributed by atoms with van der Waals surface area (Å²) in [5, 5.41) is 0. The van der Waals surface area contributed by atoms with Crippen LogP contribution in [0.4, 0.5) is 5.69 Å². The zero-order valence-corrected chi connectivity index (χ0v) is 9.61. The minimum Gasteiger partial charge on any atom is -0.398 e. The van der Waals surface area contributed by atoms with Crippen molar-refractivity contribution in [2.45, 2.75) is 19.8 Å². The first-order valence-electron chi connectivity index (χ1n) is 5.75. The third-order valence-electron chi connectivity index (χ3n) is 2.80. The Balaban J connectivity index is 2.52. The fourth-order valence-corrected chi connectivity index (χ4v) is 2.02. The van der Waals surface area contributed by atoms with Gasteiger partial charge in [0.05, 0.1) is 0 Å². The van der Waals surface area contributed by atoms with E-state index in [9.17, 15) is 0 Å². The van der Waals surface area contributed by atoms with E-state index in [4.69, 9.17) is 5.73 Å². The fourth-order valence-electron chi connectivity index (χ4n) is 2.02. The molecule has 2 aromatic carbocycles. The van der Waals surface area contributed by atoms with Crippen LogP contribution in [0.15, 0.2) is 48.5 Å². The third-order valence-corrected chi connectivity index (χ3v) is 2.80. The molecule has 2 aromatic rings. The summed E-state index contributed by atoms with van der Waals surface area (Å²) in [5.74, 6) is 0. The summed E-state index contributed by atoms with van der Waals surface area (Å²) in [4.78, 5) is 0. The molecule has 0 aromatic heterocycles. The summed E-state index contributed by atoms with van der Waals surface area (Å²) in [6.45, 7) is 2.18. The van der Waals surface area contributed by atoms with E-state index in [-0.39, 0.29) is 0 Å². The Hall–Kier alpha value is -1.76. The number of rotatable bonds is 3. The summed E-state index contributed by atoms with van der Waals surface area (Å²) in [6.07, 6.45) is 2.16. The largest absolute Gasteiger partial charge is 0.398 e. The lowest BCUT2D eigenvalue weighted by molar-refractivity contribution is 0.926. The number of nitrogens with two attached hydrogens (primary N) is 1. The maximum Gasteiger partial charge on any atom is 0.0352 e. The van der Waals surface area contributed by atoms with Gasteiger partial charge in [-0.25, -0.2) is 0 Å². The molecule has 0 heterocycles. The summed E-state index contributed by atoms with van der Waals surface area (Å²) in [5.41, 5.74) is 10.7. The van der Waals surface area contributed by atoms with Crippen LogP contribution in [0.1, 0.15) is 18.9 Å². The molecule has 2 N–H and O–H groups in total. The molecule has 0 amide bonds. The van der Waals surface area contributed by atoms with Crippen molar-refractivity contribution < 1.29 is 0 Å². The average Bonchev–Trinajstić information content (AvgIpc) is 2.33. The molecule has 16 heavy (non-hydrogen) atoms. The number of benzene rings is 2. The van der Waals surface area contributed by atoms with Crippen LogP contribution in [0.3, 0.4) is 0 Å². The van der Waals surface area contributed by atoms with E-state index in [0.29, 0.717) is 0 Å². The molecule has 0 fully saturated rings. The van der Waals surface area contributed by atoms with Gasteiger partial charge in [0, 0.05) is 5.69 Å². The molecule has 0 saturated heterocycles. The monoisotopic (exact) mass is 211 g/mol. The predicted molar refractivity (Wildman–Crippen MR) is 70.3 cm³/mol. The maximum absolute atomic E-state index is 6.04. The quantitative estimate of drug-likeness (QED) is 0.766. The fraction of sp³-hybridized carbons (Fsp3) is 0.200. The lowest BCUT2D eigenvalue weighted by Crippen LogP contribution is -1.96. The second kappa shape index (κ2) is 4.84. The van der Waals surface area contributed by atoms with E-state index in [2.05, 4.69) is 37.3 Å². The molecule has 1 nitrogen and oxygen atoms in total. The molecular weight excluding hydrogens is 194 g/mol. The molecule has 0 saturated carbocycles. The molecule has 0 aliphatic rings. The van der Waals surface area contributed by atoms with Gasteiger partial charge in [0.1, 0.15) is 0 Å². The van der Waals surface area contributed by atoms with Crippen LogP contribution in [0, 0.1) is 0 Å². The molecule has 0 spiro atoms. The Bertz CT molecular complexity index is 460. The molecule has 0 atom stereocenters. The topological polar surface area (TPSA) is 26.0 Å². The van der Waals surface area contributed by atoms with E-state index >= 15 is 0 Å². The van der Waals surface area contributed by atoms with Crippen molar-refractivity contribution in [1.29, 1.82) is 0 Å². The van der Waals surface area contributed by atoms with Crippen LogP contribution in [0.5, 0.6) is 0 Å². The second-order valence-corrected chi connectivity index (χ2v) is 3.99. The Morgan fingerprint density at radius 2 is 1.69 bits per heavy atom. The van der Waals surface area contributed by atoms with Gasteiger partial charge in [-0.15, -0.1) is 0 Å². The van der Waals surface area contributed by atoms with Gasteiger partial charge in [0.15, 0.2) is 0 Å². The normalized spacial score (nSPS) is 10.3. The van der Waals surface area contributed by atoms with Crippen LogP contribution in [0.25, 0.3) is 11.1 Å². The summed E-state index contributed by atoms with van der Waals surface area (Å²) < 4.78 is 0. The number of hydrogen-bond donors (Lipinski definition) is 1. The number of nitrogen functional groups attached to an aromatic ring is 1. The van der Waals surface area contributed by atoms with E-state index in [1.54, 1.807) is 0 Å². The van der Waals surface area contributed by atoms with Crippen molar-refractivity contribution in [3.8, 4) is 11.1 Å². The Kier molecular flexibility index (Phi) is 3.25. The van der Waals surface area contributed by atoms with Gasteiger partial charge < -0.3 is 5.73 Å². The highest BCUT2D eigenvalue weighted by Crippen LogP contribution is 2.28. The van der Waals surface area contributed by atoms with Gasteiger partial charge >= 0.3 is 0 Å². The lowest BCUT2D eigenvalue weighted by atomic mass is 9.95. The van der Waals surface area contributed by atoms with Crippen LogP contribution >= 0.6 is 0 Å². The van der Waals surface area contributed by atoms with Crippen LogP contribution in [0.2, 0.25) is 0 Å². The molecule has 2 rings (SSSR count). The molecule has 0 unspecified atom stereocenters. The van der Waals surface area contributed by atoms with Crippen molar-refractivity contribution in [2.75, 3.05) is 5.73 Å². The van der Waals surface area contributed by atoms with Gasteiger partial charge in [-0.05, 0) is 29.2 Å². The van der Waals surface area contributed by atoms with Gasteiger partial charge in [-0.2, -0.15) is 0 Å². The minimum atomic E-state index is 0.906. The molecule has 0 bridgehead atoms. The van der Waals surface area contributed by atoms with Crippen LogP contribution in [-0.2, 0) is 6.42 Å². The standard InChI is InChI=1S/C15H17N/c1-2-7-14-13(10-6-11-15(14)16)12-8-4-3-5-9-12/h3-6,8-11H,2,7,16H2,1H3. The molecule has 0 aliphatic heterocycles. The Labute approximate surface area is 96.9 Å². The lowest BCUT2D eigenvalue weighted by Gasteiger charge is -2.11. The Morgan fingerprint density at radius 1 is 0.938 bits per heavy atom. The van der Waals surface area contributed by atoms with Crippen molar-refractivity contribution in [2.24, 2.45) is 0 Å². The van der Waals surface area contributed by atoms with Gasteiger partial charge in [-0.1, -0.05) is 55.8 Å². The van der Waals surface area contributed by atoms with Gasteiger partial charge in [0.2, 0.25) is 0 Å². The zero-order chi connectivity index (χ0) is 11.4. The molecule has 1 heteroatoms. The first-order chi connectivity index (χ1) is 7.83. The summed E-state index contributed by atoms with van der Waals surface area (Å²) in [7, 11) is 0. The van der Waals surface area contributed by atoms with Crippen molar-refractivity contribution in [3.63, 3.8) is 0 Å². The number of hydrogen-bond acceptors (Lipinski definition) is 1. The molecular formula is C15H17N. The maximum atomic E-state index is 6.04. The highest BCUT2D eigenvalue weighted by Gasteiger charge is 2.06. The average molecular weight is 211 g/mol. The SMILES string of the molecule is CCCc1c(N)cccc1-c1ccccc1. The smallest absolute Gasteiger partial charge is 0.0352 e. The minimum absolute atomic E-state index is 0.906. The third kappa shape index (κ3) is 2.08. The first kappa shape index (κ1) is 10.7. The number of anilines is 1. The van der Waals surface area contributed by atoms with E-state index in [1.165, 1.54) is 16.7 Å². The van der Waals surface area contributed by atoms with Gasteiger partial charge in [-0.3, -0.25) is 0 Å². The molecule has 0 aliphatic carbocycles. The van der Waals surface area contributed by atoms with E-state index in [0.717, 1.165) is 18.5 Å². The molecule has 82 valence electrons. The van der Waals surface area contributed by atoms with Crippen LogP contribution < -0.4 is 5.73 Å². The van der Waals surface area contributed by atoms with E-state index in [1.807, 2.05) is 18.2 Å². The van der Waals surface area contributed by atoms with Gasteiger partial charge in [0.25, 0.3) is 0 Å². The second-order valence-electron chi connectivity index (χ2n) is 3.99. The van der Waals surface area contributed by atoms with Crippen molar-refractivity contribution >= 4 is 5.69 Å². The predicted octanol–water partition coefficient (Wildman–Crippen LogP) is 3.89. The van der Waals surface area contributed by atoms with E-state index < -0.39 is 0 Å². The van der Waals surface area contributed by atoms with Crippen molar-refractivity contribution in [1.82, 2.24) is 0 Å². The first-order valence-corrected chi connectivity index (χ1v) is 5.75. The zero-order valence-electron chi connectivity index (χ0n) is 9.61. The highest BCUT2D eigenvalue weighted by atomic mass is 14.6. The highest BCUT2D eigenvalue weighted by molar-refractivity contribution is 5.73. The molecule has 0 radical (unpaired) electrons. The van der Waals surface area contributed by atoms with Crippen LogP contribution in [-0.4, -0.2) is 0 Å². The summed E-state index contributed by atoms with van der Waals surface area (Å²) in [6, 6.07) is 16.6. The van der Waals surface area contributed by atoms with Crippen molar-refractivity contribution in [3.05, 3.63) is 54.1 Å². The Morgan fingerprint density at radius 3 is 2.38 bits per heavy atom.